The number of benzene rings is 1. The zero-order chi connectivity index (χ0) is 24.2. The molecular weight excluding hydrogens is 430 g/mol. The molecular formula is C27H31N3O4. The predicted molar refractivity (Wildman–Crippen MR) is 128 cm³/mol. The number of aliphatic hydroxyl groups excluding tert-OH is 1. The summed E-state index contributed by atoms with van der Waals surface area (Å²) in [6.45, 7) is 4.36. The van der Waals surface area contributed by atoms with Crippen LogP contribution in [0.1, 0.15) is 53.0 Å². The van der Waals surface area contributed by atoms with Crippen molar-refractivity contribution in [1.82, 2.24) is 14.8 Å². The van der Waals surface area contributed by atoms with Gasteiger partial charge in [-0.15, -0.1) is 0 Å². The quantitative estimate of drug-likeness (QED) is 0.693. The number of fused-ring (bicyclic) bond motifs is 1. The zero-order valence-corrected chi connectivity index (χ0v) is 19.9. The number of carbonyl (C=O) groups excluding carboxylic acids is 2. The van der Waals surface area contributed by atoms with Crippen molar-refractivity contribution < 1.29 is 19.4 Å². The largest absolute Gasteiger partial charge is 0.472 e. The van der Waals surface area contributed by atoms with Crippen molar-refractivity contribution in [3.8, 4) is 17.7 Å². The molecule has 7 nitrogen and oxygen atoms in total. The molecule has 1 fully saturated rings. The van der Waals surface area contributed by atoms with Crippen LogP contribution in [0.4, 0.5) is 0 Å². The highest BCUT2D eigenvalue weighted by molar-refractivity contribution is 5.97. The number of pyridine rings is 1. The lowest BCUT2D eigenvalue weighted by Crippen LogP contribution is -2.50. The molecule has 1 aromatic heterocycles. The van der Waals surface area contributed by atoms with Crippen LogP contribution in [0.3, 0.4) is 0 Å². The first kappa shape index (κ1) is 23.8. The van der Waals surface area contributed by atoms with Crippen LogP contribution in [0.15, 0.2) is 42.6 Å². The average molecular weight is 462 g/mol. The summed E-state index contributed by atoms with van der Waals surface area (Å²) in [6, 6.07) is 10.5. The molecule has 1 saturated carbocycles. The number of hydrogen-bond donors (Lipinski definition) is 1. The smallest absolute Gasteiger partial charge is 0.259 e. The number of ether oxygens (including phenoxy) is 1. The van der Waals surface area contributed by atoms with Gasteiger partial charge in [0.15, 0.2) is 0 Å². The fourth-order valence-corrected chi connectivity index (χ4v) is 3.96. The van der Waals surface area contributed by atoms with Crippen LogP contribution in [0.25, 0.3) is 0 Å². The molecule has 178 valence electrons. The molecule has 34 heavy (non-hydrogen) atoms. The van der Waals surface area contributed by atoms with E-state index in [0.717, 1.165) is 12.8 Å². The zero-order valence-electron chi connectivity index (χ0n) is 19.9. The van der Waals surface area contributed by atoms with Crippen LogP contribution in [0.2, 0.25) is 0 Å². The summed E-state index contributed by atoms with van der Waals surface area (Å²) in [5.74, 6) is 6.53. The number of carbonyl (C=O) groups is 2. The molecule has 2 amide bonds. The Labute approximate surface area is 200 Å². The van der Waals surface area contributed by atoms with E-state index in [-0.39, 0.29) is 36.3 Å². The van der Waals surface area contributed by atoms with E-state index in [1.54, 1.807) is 41.2 Å². The fraction of sp³-hybridized carbons (Fsp3) is 0.444. The highest BCUT2D eigenvalue weighted by atomic mass is 16.5. The third-order valence-electron chi connectivity index (χ3n) is 6.34. The second kappa shape index (κ2) is 10.3. The van der Waals surface area contributed by atoms with E-state index in [1.807, 2.05) is 32.0 Å². The van der Waals surface area contributed by atoms with E-state index in [9.17, 15) is 14.7 Å². The Morgan fingerprint density at radius 1 is 1.32 bits per heavy atom. The number of likely N-dealkylation sites (N-methyl/N-ethyl adjacent to an activating group) is 1. The van der Waals surface area contributed by atoms with Gasteiger partial charge in [0.2, 0.25) is 5.88 Å². The lowest BCUT2D eigenvalue weighted by atomic mass is 9.99. The van der Waals surface area contributed by atoms with Crippen LogP contribution in [-0.4, -0.2) is 70.6 Å². The van der Waals surface area contributed by atoms with Gasteiger partial charge in [-0.3, -0.25) is 9.59 Å². The van der Waals surface area contributed by atoms with Gasteiger partial charge in [0.25, 0.3) is 11.8 Å². The minimum Gasteiger partial charge on any atom is -0.472 e. The highest BCUT2D eigenvalue weighted by Gasteiger charge is 2.34. The van der Waals surface area contributed by atoms with Crippen LogP contribution in [0.5, 0.6) is 5.88 Å². The lowest BCUT2D eigenvalue weighted by Gasteiger charge is -2.37. The Kier molecular flexibility index (Phi) is 7.18. The van der Waals surface area contributed by atoms with Gasteiger partial charge in [-0.05, 0) is 38.0 Å². The minimum absolute atomic E-state index is 0.103. The molecule has 2 aliphatic rings. The van der Waals surface area contributed by atoms with Gasteiger partial charge in [0.05, 0.1) is 19.2 Å². The first-order chi connectivity index (χ1) is 16.4. The van der Waals surface area contributed by atoms with Gasteiger partial charge >= 0.3 is 0 Å². The molecule has 1 aromatic carbocycles. The molecule has 0 radical (unpaired) electrons. The van der Waals surface area contributed by atoms with Crippen LogP contribution in [-0.2, 0) is 0 Å². The van der Waals surface area contributed by atoms with Crippen molar-refractivity contribution in [2.45, 2.75) is 38.8 Å². The Hall–Kier alpha value is -3.37. The number of nitrogens with zero attached hydrogens (tertiary/aromatic N) is 3. The molecule has 4 rings (SSSR count). The molecule has 0 unspecified atom stereocenters. The molecule has 1 aliphatic heterocycles. The van der Waals surface area contributed by atoms with E-state index in [2.05, 4.69) is 16.8 Å². The fourth-order valence-electron chi connectivity index (χ4n) is 3.96. The topological polar surface area (TPSA) is 83.0 Å². The molecule has 1 aliphatic carbocycles. The standard InChI is InChI=1S/C27H31N3O4/c1-18-15-30(19(2)17-31)27(33)23-13-21(12-11-20-9-10-20)14-28-25(23)34-24(18)16-29(3)26(32)22-7-5-4-6-8-22/h4-8,13-14,18-20,24,31H,9-10,15-17H2,1-3H3/t18-,19+,24+/m0/s1. The molecule has 3 atom stereocenters. The van der Waals surface area contributed by atoms with Crippen molar-refractivity contribution >= 4 is 11.8 Å². The molecule has 2 aromatic rings. The monoisotopic (exact) mass is 461 g/mol. The number of amides is 2. The summed E-state index contributed by atoms with van der Waals surface area (Å²) in [4.78, 5) is 34.1. The molecule has 1 N–H and O–H groups in total. The van der Waals surface area contributed by atoms with Crippen molar-refractivity contribution in [3.63, 3.8) is 0 Å². The normalized spacial score (nSPS) is 20.7. The number of aliphatic hydroxyl groups is 1. The molecule has 7 heteroatoms. The second-order valence-electron chi connectivity index (χ2n) is 9.29. The van der Waals surface area contributed by atoms with Crippen LogP contribution in [0, 0.1) is 23.7 Å². The van der Waals surface area contributed by atoms with Gasteiger partial charge in [-0.1, -0.05) is 37.0 Å². The first-order valence-corrected chi connectivity index (χ1v) is 11.8. The van der Waals surface area contributed by atoms with E-state index in [4.69, 9.17) is 4.74 Å². The summed E-state index contributed by atoms with van der Waals surface area (Å²) in [7, 11) is 1.74. The third-order valence-corrected chi connectivity index (χ3v) is 6.34. The van der Waals surface area contributed by atoms with Gasteiger partial charge in [-0.2, -0.15) is 0 Å². The van der Waals surface area contributed by atoms with Crippen LogP contribution >= 0.6 is 0 Å². The maximum Gasteiger partial charge on any atom is 0.259 e. The molecule has 0 bridgehead atoms. The van der Waals surface area contributed by atoms with Crippen molar-refractivity contribution in [2.24, 2.45) is 11.8 Å². The Bertz CT molecular complexity index is 1100. The number of rotatable bonds is 5. The minimum atomic E-state index is -0.395. The average Bonchev–Trinajstić information content (AvgIpc) is 3.69. The first-order valence-electron chi connectivity index (χ1n) is 11.8. The van der Waals surface area contributed by atoms with Crippen molar-refractivity contribution in [2.75, 3.05) is 26.7 Å². The van der Waals surface area contributed by atoms with E-state index in [1.165, 1.54) is 0 Å². The summed E-state index contributed by atoms with van der Waals surface area (Å²) in [6.07, 6.45) is 3.46. The Morgan fingerprint density at radius 3 is 2.74 bits per heavy atom. The van der Waals surface area contributed by atoms with Crippen molar-refractivity contribution in [1.29, 1.82) is 0 Å². The highest BCUT2D eigenvalue weighted by Crippen LogP contribution is 2.29. The van der Waals surface area contributed by atoms with Crippen molar-refractivity contribution in [3.05, 3.63) is 59.3 Å². The van der Waals surface area contributed by atoms with E-state index in [0.29, 0.717) is 35.7 Å². The third kappa shape index (κ3) is 5.40. The SMILES string of the molecule is C[C@H](CO)N1C[C@H](C)[C@@H](CN(C)C(=O)c2ccccc2)Oc2ncc(C#CC3CC3)cc2C1=O. The lowest BCUT2D eigenvalue weighted by molar-refractivity contribution is 0.0313. The molecule has 0 saturated heterocycles. The van der Waals surface area contributed by atoms with E-state index < -0.39 is 6.10 Å². The van der Waals surface area contributed by atoms with Crippen LogP contribution < -0.4 is 4.74 Å². The van der Waals surface area contributed by atoms with Gasteiger partial charge < -0.3 is 19.6 Å². The van der Waals surface area contributed by atoms with Gasteiger partial charge in [-0.25, -0.2) is 4.98 Å². The number of aromatic nitrogens is 1. The molecule has 2 heterocycles. The summed E-state index contributed by atoms with van der Waals surface area (Å²) >= 11 is 0. The van der Waals surface area contributed by atoms with E-state index >= 15 is 0 Å². The Balaban J connectivity index is 1.63. The summed E-state index contributed by atoms with van der Waals surface area (Å²) in [5.41, 5.74) is 1.60. The van der Waals surface area contributed by atoms with Gasteiger partial charge in [0, 0.05) is 42.8 Å². The van der Waals surface area contributed by atoms with Gasteiger partial charge in [0.1, 0.15) is 11.7 Å². The maximum atomic E-state index is 13.4. The molecule has 0 spiro atoms. The Morgan fingerprint density at radius 2 is 2.06 bits per heavy atom. The summed E-state index contributed by atoms with van der Waals surface area (Å²) < 4.78 is 6.27. The number of hydrogen-bond acceptors (Lipinski definition) is 5. The predicted octanol–water partition coefficient (Wildman–Crippen LogP) is 2.84. The second-order valence-corrected chi connectivity index (χ2v) is 9.29. The summed E-state index contributed by atoms with van der Waals surface area (Å²) in [5, 5.41) is 9.80. The maximum absolute atomic E-state index is 13.4.